The summed E-state index contributed by atoms with van der Waals surface area (Å²) < 4.78 is 0. The molecule has 0 saturated carbocycles. The Kier molecular flexibility index (Phi) is 5.85. The Morgan fingerprint density at radius 2 is 1.79 bits per heavy atom. The van der Waals surface area contributed by atoms with E-state index in [4.69, 9.17) is 5.26 Å². The lowest BCUT2D eigenvalue weighted by atomic mass is 10.1. The zero-order chi connectivity index (χ0) is 20.8. The van der Waals surface area contributed by atoms with Crippen molar-refractivity contribution in [2.75, 3.05) is 12.4 Å². The van der Waals surface area contributed by atoms with Gasteiger partial charge in [-0.2, -0.15) is 5.26 Å². The molecule has 7 nitrogen and oxygen atoms in total. The van der Waals surface area contributed by atoms with Crippen LogP contribution in [-0.4, -0.2) is 22.8 Å². The Morgan fingerprint density at radius 3 is 2.41 bits per heavy atom. The van der Waals surface area contributed by atoms with Crippen molar-refractivity contribution in [3.63, 3.8) is 0 Å². The van der Waals surface area contributed by atoms with E-state index in [1.807, 2.05) is 24.3 Å². The smallest absolute Gasteiger partial charge is 0.293 e. The Bertz CT molecular complexity index is 1070. The van der Waals surface area contributed by atoms with Gasteiger partial charge in [-0.15, -0.1) is 0 Å². The van der Waals surface area contributed by atoms with Crippen molar-refractivity contribution in [1.82, 2.24) is 4.90 Å². The van der Waals surface area contributed by atoms with E-state index in [9.17, 15) is 14.9 Å². The highest BCUT2D eigenvalue weighted by molar-refractivity contribution is 5.95. The predicted molar refractivity (Wildman–Crippen MR) is 110 cm³/mol. The van der Waals surface area contributed by atoms with Gasteiger partial charge in [-0.3, -0.25) is 14.9 Å². The van der Waals surface area contributed by atoms with Gasteiger partial charge in [0.05, 0.1) is 16.6 Å². The number of anilines is 2. The zero-order valence-electron chi connectivity index (χ0n) is 15.7. The van der Waals surface area contributed by atoms with Gasteiger partial charge in [0, 0.05) is 30.9 Å². The molecule has 7 heteroatoms. The summed E-state index contributed by atoms with van der Waals surface area (Å²) in [6, 6.07) is 22.4. The molecule has 0 atom stereocenters. The van der Waals surface area contributed by atoms with Gasteiger partial charge in [0.25, 0.3) is 11.6 Å². The lowest BCUT2D eigenvalue weighted by molar-refractivity contribution is -0.383. The van der Waals surface area contributed by atoms with E-state index < -0.39 is 4.92 Å². The summed E-state index contributed by atoms with van der Waals surface area (Å²) >= 11 is 0. The van der Waals surface area contributed by atoms with Gasteiger partial charge < -0.3 is 10.2 Å². The van der Waals surface area contributed by atoms with E-state index in [0.717, 1.165) is 5.56 Å². The number of hydrogen-bond donors (Lipinski definition) is 1. The molecule has 0 aliphatic heterocycles. The number of para-hydroxylation sites is 1. The Balaban J connectivity index is 1.80. The van der Waals surface area contributed by atoms with Crippen LogP contribution < -0.4 is 5.32 Å². The number of nitro groups is 1. The molecule has 29 heavy (non-hydrogen) atoms. The molecule has 0 aliphatic rings. The molecule has 0 bridgehead atoms. The molecule has 0 fully saturated rings. The minimum absolute atomic E-state index is 0.175. The van der Waals surface area contributed by atoms with Crippen LogP contribution in [0.1, 0.15) is 21.5 Å². The fourth-order valence-electron chi connectivity index (χ4n) is 2.85. The second-order valence-electron chi connectivity index (χ2n) is 6.45. The van der Waals surface area contributed by atoms with Gasteiger partial charge in [-0.05, 0) is 42.0 Å². The lowest BCUT2D eigenvalue weighted by Crippen LogP contribution is -2.26. The first kappa shape index (κ1) is 19.6. The molecule has 1 amide bonds. The Hall–Kier alpha value is -4.18. The predicted octanol–water partition coefficient (Wildman–Crippen LogP) is 4.48. The number of benzene rings is 3. The topological polar surface area (TPSA) is 99.3 Å². The third-order valence-corrected chi connectivity index (χ3v) is 4.34. The number of rotatable bonds is 6. The summed E-state index contributed by atoms with van der Waals surface area (Å²) in [4.78, 5) is 25.2. The molecule has 3 aromatic carbocycles. The van der Waals surface area contributed by atoms with Gasteiger partial charge in [0.2, 0.25) is 0 Å². The van der Waals surface area contributed by atoms with Crippen LogP contribution in [0.15, 0.2) is 72.8 Å². The second kappa shape index (κ2) is 8.67. The monoisotopic (exact) mass is 386 g/mol. The summed E-state index contributed by atoms with van der Waals surface area (Å²) in [7, 11) is 1.63. The van der Waals surface area contributed by atoms with Crippen LogP contribution in [-0.2, 0) is 6.54 Å². The van der Waals surface area contributed by atoms with Gasteiger partial charge in [-0.25, -0.2) is 0 Å². The minimum Gasteiger partial charge on any atom is -0.350 e. The maximum absolute atomic E-state index is 12.7. The fraction of sp³-hybridized carbons (Fsp3) is 0.0909. The summed E-state index contributed by atoms with van der Waals surface area (Å²) in [6.45, 7) is 0.322. The van der Waals surface area contributed by atoms with Crippen molar-refractivity contribution in [3.05, 3.63) is 99.6 Å². The van der Waals surface area contributed by atoms with E-state index in [0.29, 0.717) is 23.5 Å². The first-order chi connectivity index (χ1) is 14.0. The average molecular weight is 386 g/mol. The van der Waals surface area contributed by atoms with Crippen LogP contribution in [0.3, 0.4) is 0 Å². The summed E-state index contributed by atoms with van der Waals surface area (Å²) in [5.74, 6) is -0.330. The standard InChI is InChI=1S/C22H18N4O3/c1-25(15-17-9-7-16(14-23)8-10-17)22(27)18-11-12-20(21(13-18)26(28)29)24-19-5-3-2-4-6-19/h2-13,24H,15H2,1H3. The Labute approximate surface area is 168 Å². The van der Waals surface area contributed by atoms with E-state index in [2.05, 4.69) is 5.32 Å². The van der Waals surface area contributed by atoms with Crippen LogP contribution in [0.4, 0.5) is 17.1 Å². The molecule has 3 aromatic rings. The molecule has 0 spiro atoms. The number of nitrogens with zero attached hydrogens (tertiary/aromatic N) is 3. The number of nitro benzene ring substituents is 1. The first-order valence-corrected chi connectivity index (χ1v) is 8.83. The molecule has 0 unspecified atom stereocenters. The zero-order valence-corrected chi connectivity index (χ0v) is 15.7. The minimum atomic E-state index is -0.511. The maximum atomic E-state index is 12.7. The van der Waals surface area contributed by atoms with Gasteiger partial charge in [0.1, 0.15) is 5.69 Å². The van der Waals surface area contributed by atoms with Crippen molar-refractivity contribution >= 4 is 23.0 Å². The van der Waals surface area contributed by atoms with E-state index in [1.165, 1.54) is 17.0 Å². The van der Waals surface area contributed by atoms with Crippen molar-refractivity contribution in [3.8, 4) is 6.07 Å². The molecule has 0 aromatic heterocycles. The second-order valence-corrected chi connectivity index (χ2v) is 6.45. The van der Waals surface area contributed by atoms with Gasteiger partial charge >= 0.3 is 0 Å². The number of amides is 1. The van der Waals surface area contributed by atoms with Crippen molar-refractivity contribution in [1.29, 1.82) is 5.26 Å². The van der Waals surface area contributed by atoms with Crippen LogP contribution in [0.5, 0.6) is 0 Å². The number of carbonyl (C=O) groups excluding carboxylic acids is 1. The molecular formula is C22H18N4O3. The third-order valence-electron chi connectivity index (χ3n) is 4.34. The van der Waals surface area contributed by atoms with E-state index >= 15 is 0 Å². The molecule has 0 saturated heterocycles. The quantitative estimate of drug-likeness (QED) is 0.497. The van der Waals surface area contributed by atoms with Crippen molar-refractivity contribution in [2.45, 2.75) is 6.54 Å². The number of nitriles is 1. The molecular weight excluding hydrogens is 368 g/mol. The number of hydrogen-bond acceptors (Lipinski definition) is 5. The van der Waals surface area contributed by atoms with Gasteiger partial charge in [-0.1, -0.05) is 30.3 Å². The highest BCUT2D eigenvalue weighted by Gasteiger charge is 2.20. The van der Waals surface area contributed by atoms with Crippen LogP contribution in [0.2, 0.25) is 0 Å². The largest absolute Gasteiger partial charge is 0.350 e. The third kappa shape index (κ3) is 4.76. The molecule has 0 aliphatic carbocycles. The summed E-state index contributed by atoms with van der Waals surface area (Å²) in [5, 5.41) is 23.4. The van der Waals surface area contributed by atoms with Crippen LogP contribution in [0, 0.1) is 21.4 Å². The number of carbonyl (C=O) groups is 1. The van der Waals surface area contributed by atoms with E-state index in [-0.39, 0.29) is 17.2 Å². The summed E-state index contributed by atoms with van der Waals surface area (Å²) in [5.41, 5.74) is 2.48. The number of nitrogens with one attached hydrogen (secondary N) is 1. The molecule has 3 rings (SSSR count). The van der Waals surface area contributed by atoms with Gasteiger partial charge in [0.15, 0.2) is 0 Å². The fourth-order valence-corrected chi connectivity index (χ4v) is 2.85. The van der Waals surface area contributed by atoms with Crippen molar-refractivity contribution < 1.29 is 9.72 Å². The van der Waals surface area contributed by atoms with Crippen molar-refractivity contribution in [2.24, 2.45) is 0 Å². The highest BCUT2D eigenvalue weighted by atomic mass is 16.6. The molecule has 0 heterocycles. The molecule has 0 radical (unpaired) electrons. The highest BCUT2D eigenvalue weighted by Crippen LogP contribution is 2.29. The van der Waals surface area contributed by atoms with Crippen LogP contribution in [0.25, 0.3) is 0 Å². The van der Waals surface area contributed by atoms with Crippen LogP contribution >= 0.6 is 0 Å². The Morgan fingerprint density at radius 1 is 1.10 bits per heavy atom. The first-order valence-electron chi connectivity index (χ1n) is 8.83. The summed E-state index contributed by atoms with van der Waals surface area (Å²) in [6.07, 6.45) is 0. The maximum Gasteiger partial charge on any atom is 0.293 e. The van der Waals surface area contributed by atoms with E-state index in [1.54, 1.807) is 49.5 Å². The average Bonchev–Trinajstić information content (AvgIpc) is 2.74. The SMILES string of the molecule is CN(Cc1ccc(C#N)cc1)C(=O)c1ccc(Nc2ccccc2)c([N+](=O)[O-])c1. The normalized spacial score (nSPS) is 10.1. The molecule has 1 N–H and O–H groups in total. The lowest BCUT2D eigenvalue weighted by Gasteiger charge is -2.18. The molecule has 144 valence electrons.